The van der Waals surface area contributed by atoms with Gasteiger partial charge in [0.25, 0.3) is 0 Å². The third-order valence-corrected chi connectivity index (χ3v) is 6.29. The van der Waals surface area contributed by atoms with Gasteiger partial charge in [0, 0.05) is 21.4 Å². The van der Waals surface area contributed by atoms with Gasteiger partial charge in [-0.1, -0.05) is 59.6 Å². The molecule has 2 nitrogen and oxygen atoms in total. The monoisotopic (exact) mass is 393 g/mol. The van der Waals surface area contributed by atoms with Crippen molar-refractivity contribution in [1.29, 1.82) is 0 Å². The number of thioether (sulfide) groups is 1. The molecule has 0 radical (unpaired) electrons. The summed E-state index contributed by atoms with van der Waals surface area (Å²) >= 11 is 7.68. The maximum absolute atomic E-state index is 13.0. The number of rotatable bonds is 5. The van der Waals surface area contributed by atoms with Crippen LogP contribution in [0.25, 0.3) is 0 Å². The first-order chi connectivity index (χ1) is 13.1. The number of hydrogen-bond donors (Lipinski definition) is 0. The van der Waals surface area contributed by atoms with E-state index in [4.69, 9.17) is 11.6 Å². The quantitative estimate of drug-likeness (QED) is 0.383. The van der Waals surface area contributed by atoms with Crippen molar-refractivity contribution in [2.75, 3.05) is 10.7 Å². The number of aryl methyl sites for hydroxylation is 1. The summed E-state index contributed by atoms with van der Waals surface area (Å²) in [4.78, 5) is 16.1. The lowest BCUT2D eigenvalue weighted by Gasteiger charge is -2.47. The van der Waals surface area contributed by atoms with E-state index in [0.29, 0.717) is 0 Å². The van der Waals surface area contributed by atoms with Crippen molar-refractivity contribution in [2.24, 2.45) is 5.92 Å². The van der Waals surface area contributed by atoms with Gasteiger partial charge in [-0.3, -0.25) is 4.79 Å². The van der Waals surface area contributed by atoms with Crippen LogP contribution in [-0.2, 0) is 4.79 Å². The Labute approximate surface area is 169 Å². The van der Waals surface area contributed by atoms with Gasteiger partial charge >= 0.3 is 0 Å². The van der Waals surface area contributed by atoms with E-state index in [1.54, 1.807) is 11.8 Å². The van der Waals surface area contributed by atoms with Crippen LogP contribution >= 0.6 is 23.4 Å². The van der Waals surface area contributed by atoms with Crippen molar-refractivity contribution in [1.82, 2.24) is 0 Å². The van der Waals surface area contributed by atoms with Crippen LogP contribution in [-0.4, -0.2) is 11.7 Å². The van der Waals surface area contributed by atoms with Crippen LogP contribution in [0.2, 0.25) is 5.02 Å². The van der Waals surface area contributed by atoms with Crippen LogP contribution in [0.5, 0.6) is 0 Å². The summed E-state index contributed by atoms with van der Waals surface area (Å²) < 4.78 is 0. The standard InChI is InChI=1S/C23H20ClNOS/c1-16-7-11-19(12-8-16)25-22(17-5-3-2-4-6-17)21(23(25)26)15-27-20-13-9-18(24)10-14-20/h2-14,21-22H,15H2,1H3/t21-,22+/m0/s1. The molecule has 1 saturated heterocycles. The molecule has 0 aliphatic carbocycles. The normalized spacial score (nSPS) is 19.0. The predicted molar refractivity (Wildman–Crippen MR) is 114 cm³/mol. The van der Waals surface area contributed by atoms with E-state index < -0.39 is 0 Å². The second-order valence-electron chi connectivity index (χ2n) is 6.77. The van der Waals surface area contributed by atoms with Crippen LogP contribution in [0, 0.1) is 12.8 Å². The number of carbonyl (C=O) groups excluding carboxylic acids is 1. The zero-order valence-electron chi connectivity index (χ0n) is 15.0. The highest BCUT2D eigenvalue weighted by Crippen LogP contribution is 2.45. The molecule has 3 aromatic carbocycles. The average Bonchev–Trinajstić information content (AvgIpc) is 2.69. The molecule has 1 aliphatic heterocycles. The highest BCUT2D eigenvalue weighted by atomic mass is 35.5. The van der Waals surface area contributed by atoms with E-state index in [2.05, 4.69) is 31.2 Å². The summed E-state index contributed by atoms with van der Waals surface area (Å²) in [5, 5.41) is 0.728. The highest BCUT2D eigenvalue weighted by Gasteiger charge is 2.48. The van der Waals surface area contributed by atoms with Crippen molar-refractivity contribution in [3.05, 3.63) is 95.0 Å². The molecule has 1 aliphatic rings. The number of β-lactam (4-membered cyclic amide) rings is 1. The fraction of sp³-hybridized carbons (Fsp3) is 0.174. The molecule has 0 spiro atoms. The molecule has 3 aromatic rings. The molecule has 0 unspecified atom stereocenters. The minimum absolute atomic E-state index is 0.0330. The lowest BCUT2D eigenvalue weighted by molar-refractivity contribution is -0.129. The second-order valence-corrected chi connectivity index (χ2v) is 8.30. The summed E-state index contributed by atoms with van der Waals surface area (Å²) in [6.07, 6.45) is 0. The Bertz CT molecular complexity index is 925. The summed E-state index contributed by atoms with van der Waals surface area (Å²) in [7, 11) is 0. The maximum Gasteiger partial charge on any atom is 0.233 e. The van der Waals surface area contributed by atoms with Gasteiger partial charge in [-0.05, 0) is 48.9 Å². The minimum Gasteiger partial charge on any atom is -0.304 e. The number of hydrogen-bond acceptors (Lipinski definition) is 2. The predicted octanol–water partition coefficient (Wildman–Crippen LogP) is 6.14. The first-order valence-electron chi connectivity index (χ1n) is 8.96. The lowest BCUT2D eigenvalue weighted by atomic mass is 9.83. The minimum atomic E-state index is -0.0330. The Kier molecular flexibility index (Phi) is 5.24. The van der Waals surface area contributed by atoms with Gasteiger partial charge in [0.2, 0.25) is 5.91 Å². The molecule has 1 heterocycles. The van der Waals surface area contributed by atoms with E-state index in [0.717, 1.165) is 21.4 Å². The van der Waals surface area contributed by atoms with E-state index >= 15 is 0 Å². The molecule has 1 amide bonds. The Morgan fingerprint density at radius 3 is 2.26 bits per heavy atom. The van der Waals surface area contributed by atoms with Gasteiger partial charge in [-0.25, -0.2) is 0 Å². The molecular formula is C23H20ClNOS. The van der Waals surface area contributed by atoms with Crippen molar-refractivity contribution in [3.8, 4) is 0 Å². The maximum atomic E-state index is 13.0. The molecule has 27 heavy (non-hydrogen) atoms. The average molecular weight is 394 g/mol. The third kappa shape index (κ3) is 3.76. The summed E-state index contributed by atoms with van der Waals surface area (Å²) in [6, 6.07) is 26.3. The molecule has 4 heteroatoms. The Hall–Kier alpha value is -2.23. The summed E-state index contributed by atoms with van der Waals surface area (Å²) in [5.74, 6) is 0.908. The molecule has 0 N–H and O–H groups in total. The molecular weight excluding hydrogens is 374 g/mol. The zero-order chi connectivity index (χ0) is 18.8. The fourth-order valence-corrected chi connectivity index (χ4v) is 4.60. The number of amides is 1. The lowest BCUT2D eigenvalue weighted by Crippen LogP contribution is -2.56. The van der Waals surface area contributed by atoms with Crippen LogP contribution in [0.3, 0.4) is 0 Å². The number of nitrogens with zero attached hydrogens (tertiary/aromatic N) is 1. The second kappa shape index (κ2) is 7.79. The van der Waals surface area contributed by atoms with Crippen molar-refractivity contribution in [3.63, 3.8) is 0 Å². The van der Waals surface area contributed by atoms with Gasteiger partial charge in [-0.2, -0.15) is 0 Å². The van der Waals surface area contributed by atoms with E-state index in [9.17, 15) is 4.79 Å². The van der Waals surface area contributed by atoms with Crippen molar-refractivity contribution < 1.29 is 4.79 Å². The molecule has 2 atom stereocenters. The van der Waals surface area contributed by atoms with Crippen LogP contribution < -0.4 is 4.90 Å². The molecule has 0 bridgehead atoms. The molecule has 4 rings (SSSR count). The first-order valence-corrected chi connectivity index (χ1v) is 10.3. The van der Waals surface area contributed by atoms with Crippen LogP contribution in [0.4, 0.5) is 5.69 Å². The number of benzene rings is 3. The Morgan fingerprint density at radius 2 is 1.59 bits per heavy atom. The Balaban J connectivity index is 1.58. The van der Waals surface area contributed by atoms with E-state index in [1.807, 2.05) is 59.5 Å². The molecule has 0 saturated carbocycles. The zero-order valence-corrected chi connectivity index (χ0v) is 16.6. The van der Waals surface area contributed by atoms with Gasteiger partial charge < -0.3 is 4.90 Å². The van der Waals surface area contributed by atoms with Gasteiger partial charge in [-0.15, -0.1) is 11.8 Å². The molecule has 136 valence electrons. The first kappa shape index (κ1) is 18.1. The van der Waals surface area contributed by atoms with Crippen molar-refractivity contribution in [2.45, 2.75) is 17.9 Å². The topological polar surface area (TPSA) is 20.3 Å². The Morgan fingerprint density at radius 1 is 0.926 bits per heavy atom. The van der Waals surface area contributed by atoms with Gasteiger partial charge in [0.1, 0.15) is 0 Å². The number of anilines is 1. The SMILES string of the molecule is Cc1ccc(N2C(=O)[C@@H](CSc3ccc(Cl)cc3)[C@H]2c2ccccc2)cc1. The molecule has 1 fully saturated rings. The van der Waals surface area contributed by atoms with Gasteiger partial charge in [0.15, 0.2) is 0 Å². The number of halogens is 1. The third-order valence-electron chi connectivity index (χ3n) is 4.91. The van der Waals surface area contributed by atoms with Gasteiger partial charge in [0.05, 0.1) is 12.0 Å². The molecule has 0 aromatic heterocycles. The van der Waals surface area contributed by atoms with E-state index in [-0.39, 0.29) is 17.9 Å². The van der Waals surface area contributed by atoms with Crippen LogP contribution in [0.1, 0.15) is 17.2 Å². The summed E-state index contributed by atoms with van der Waals surface area (Å²) in [6.45, 7) is 2.06. The largest absolute Gasteiger partial charge is 0.304 e. The highest BCUT2D eigenvalue weighted by molar-refractivity contribution is 7.99. The smallest absolute Gasteiger partial charge is 0.233 e. The van der Waals surface area contributed by atoms with E-state index in [1.165, 1.54) is 11.1 Å². The van der Waals surface area contributed by atoms with Crippen LogP contribution in [0.15, 0.2) is 83.8 Å². The van der Waals surface area contributed by atoms with Crippen molar-refractivity contribution >= 4 is 35.0 Å². The summed E-state index contributed by atoms with van der Waals surface area (Å²) in [5.41, 5.74) is 3.34. The fourth-order valence-electron chi connectivity index (χ4n) is 3.45. The number of carbonyl (C=O) groups is 1.